The predicted octanol–water partition coefficient (Wildman–Crippen LogP) is 1.43. The molecule has 4 N–H and O–H groups in total. The van der Waals surface area contributed by atoms with Gasteiger partial charge < -0.3 is 20.7 Å². The monoisotopic (exact) mass is 298 g/mol. The van der Waals surface area contributed by atoms with E-state index in [2.05, 4.69) is 4.74 Å². The molecule has 116 valence electrons. The Kier molecular flexibility index (Phi) is 6.61. The Labute approximate surface area is 121 Å². The van der Waals surface area contributed by atoms with Crippen molar-refractivity contribution in [3.8, 4) is 5.75 Å². The number of ether oxygens (including phenoxy) is 1. The number of carboxylic acids is 2. The maximum atomic E-state index is 12.0. The molecular weight excluding hydrogens is 280 g/mol. The Balaban J connectivity index is 2.61. The standard InChI is InChI=1S/C14H18FNO5/c15-8-21-11-4-1-9(2-5-11)7-10(13(17)18)3-6-12(16)14(19)20/h1-2,4-5,10,12H,3,6-8,16H2,(H,17,18)(H,19,20)/t10?,12-/m0/s1/i15-1. The summed E-state index contributed by atoms with van der Waals surface area (Å²) in [5, 5.41) is 17.8. The number of rotatable bonds is 9. The molecule has 0 fully saturated rings. The maximum Gasteiger partial charge on any atom is 0.320 e. The van der Waals surface area contributed by atoms with Crippen molar-refractivity contribution in [1.82, 2.24) is 0 Å². The molecule has 0 saturated heterocycles. The summed E-state index contributed by atoms with van der Waals surface area (Å²) in [6, 6.07) is 5.34. The molecule has 0 aliphatic rings. The van der Waals surface area contributed by atoms with Crippen molar-refractivity contribution in [3.05, 3.63) is 29.8 Å². The molecule has 0 heterocycles. The first-order valence-corrected chi connectivity index (χ1v) is 6.43. The number of hydrogen-bond donors (Lipinski definition) is 3. The second kappa shape index (κ2) is 8.21. The molecule has 0 spiro atoms. The van der Waals surface area contributed by atoms with Crippen LogP contribution in [-0.4, -0.2) is 35.1 Å². The molecule has 0 radical (unpaired) electrons. The molecule has 1 unspecified atom stereocenters. The SMILES string of the molecule is N[C@@H](CCC(Cc1ccc(OC[18F])cc1)C(=O)O)C(=O)O. The van der Waals surface area contributed by atoms with Crippen molar-refractivity contribution in [2.45, 2.75) is 25.3 Å². The molecule has 0 aromatic heterocycles. The first-order chi connectivity index (χ1) is 9.93. The topological polar surface area (TPSA) is 110 Å². The molecule has 0 amide bonds. The third-order valence-corrected chi connectivity index (χ3v) is 3.12. The van der Waals surface area contributed by atoms with Crippen LogP contribution in [0.15, 0.2) is 24.3 Å². The van der Waals surface area contributed by atoms with E-state index in [4.69, 9.17) is 15.9 Å². The van der Waals surface area contributed by atoms with Gasteiger partial charge in [0.1, 0.15) is 11.8 Å². The lowest BCUT2D eigenvalue weighted by atomic mass is 9.93. The number of benzene rings is 1. The number of alkyl halides is 1. The van der Waals surface area contributed by atoms with E-state index in [-0.39, 0.29) is 19.3 Å². The molecule has 1 aromatic carbocycles. The van der Waals surface area contributed by atoms with Crippen LogP contribution in [0.4, 0.5) is 4.39 Å². The van der Waals surface area contributed by atoms with Gasteiger partial charge in [0.25, 0.3) is 0 Å². The van der Waals surface area contributed by atoms with E-state index in [0.717, 1.165) is 5.56 Å². The number of nitrogens with two attached hydrogens (primary N) is 1. The molecule has 21 heavy (non-hydrogen) atoms. The summed E-state index contributed by atoms with van der Waals surface area (Å²) >= 11 is 0. The number of carbonyl (C=O) groups is 2. The number of hydrogen-bond acceptors (Lipinski definition) is 4. The summed E-state index contributed by atoms with van der Waals surface area (Å²) in [7, 11) is 0. The minimum atomic E-state index is -1.15. The van der Waals surface area contributed by atoms with E-state index in [1.807, 2.05) is 0 Å². The molecule has 1 aromatic rings. The van der Waals surface area contributed by atoms with Crippen LogP contribution >= 0.6 is 0 Å². The van der Waals surface area contributed by atoms with E-state index in [1.165, 1.54) is 0 Å². The highest BCUT2D eigenvalue weighted by Gasteiger charge is 2.21. The summed E-state index contributed by atoms with van der Waals surface area (Å²) in [5.41, 5.74) is 6.11. The van der Waals surface area contributed by atoms with Gasteiger partial charge in [-0.05, 0) is 37.0 Å². The van der Waals surface area contributed by atoms with Crippen molar-refractivity contribution in [2.24, 2.45) is 11.7 Å². The van der Waals surface area contributed by atoms with Gasteiger partial charge in [-0.15, -0.1) is 0 Å². The van der Waals surface area contributed by atoms with Crippen LogP contribution in [-0.2, 0) is 16.0 Å². The quantitative estimate of drug-likeness (QED) is 0.636. The van der Waals surface area contributed by atoms with Crippen LogP contribution in [0.5, 0.6) is 5.75 Å². The van der Waals surface area contributed by atoms with E-state index in [0.29, 0.717) is 5.75 Å². The fraction of sp³-hybridized carbons (Fsp3) is 0.429. The smallest absolute Gasteiger partial charge is 0.320 e. The van der Waals surface area contributed by atoms with Gasteiger partial charge in [0.05, 0.1) is 5.92 Å². The van der Waals surface area contributed by atoms with Crippen molar-refractivity contribution >= 4 is 11.9 Å². The van der Waals surface area contributed by atoms with Crippen LogP contribution in [0.25, 0.3) is 0 Å². The van der Waals surface area contributed by atoms with Gasteiger partial charge in [0.2, 0.25) is 6.86 Å². The summed E-state index contributed by atoms with van der Waals surface area (Å²) in [6.07, 6.45) is 0.512. The van der Waals surface area contributed by atoms with Gasteiger partial charge in [-0.1, -0.05) is 12.1 Å². The largest absolute Gasteiger partial charge is 0.481 e. The van der Waals surface area contributed by atoms with Crippen LogP contribution in [0.3, 0.4) is 0 Å². The summed E-state index contributed by atoms with van der Waals surface area (Å²) in [5.74, 6) is -2.51. The Hall–Kier alpha value is -2.15. The fourth-order valence-electron chi connectivity index (χ4n) is 1.89. The zero-order chi connectivity index (χ0) is 15.8. The van der Waals surface area contributed by atoms with Crippen LogP contribution in [0, 0.1) is 5.92 Å². The number of carboxylic acid groups (broad SMARTS) is 2. The van der Waals surface area contributed by atoms with E-state index < -0.39 is 30.8 Å². The highest BCUT2D eigenvalue weighted by atomic mass is 18.2. The Bertz CT molecular complexity index is 477. The second-order valence-electron chi connectivity index (χ2n) is 4.66. The highest BCUT2D eigenvalue weighted by Crippen LogP contribution is 2.18. The summed E-state index contributed by atoms with van der Waals surface area (Å²) in [4.78, 5) is 21.8. The Morgan fingerprint density at radius 1 is 1.14 bits per heavy atom. The van der Waals surface area contributed by atoms with E-state index in [1.54, 1.807) is 24.3 Å². The lowest BCUT2D eigenvalue weighted by Gasteiger charge is -2.14. The van der Waals surface area contributed by atoms with Crippen LogP contribution in [0.1, 0.15) is 18.4 Å². The van der Waals surface area contributed by atoms with Crippen LogP contribution in [0.2, 0.25) is 0 Å². The number of halogens is 1. The molecule has 0 bridgehead atoms. The van der Waals surface area contributed by atoms with E-state index >= 15 is 0 Å². The zero-order valence-corrected chi connectivity index (χ0v) is 11.4. The Morgan fingerprint density at radius 2 is 1.76 bits per heavy atom. The molecule has 2 atom stereocenters. The Morgan fingerprint density at radius 3 is 2.24 bits per heavy atom. The third kappa shape index (κ3) is 5.78. The lowest BCUT2D eigenvalue weighted by Crippen LogP contribution is -2.31. The van der Waals surface area contributed by atoms with Gasteiger partial charge in [0.15, 0.2) is 0 Å². The predicted molar refractivity (Wildman–Crippen MR) is 72.7 cm³/mol. The van der Waals surface area contributed by atoms with Gasteiger partial charge in [-0.2, -0.15) is 0 Å². The van der Waals surface area contributed by atoms with E-state index in [9.17, 15) is 14.0 Å². The van der Waals surface area contributed by atoms with Crippen molar-refractivity contribution < 1.29 is 28.9 Å². The van der Waals surface area contributed by atoms with Gasteiger partial charge in [-0.3, -0.25) is 9.59 Å². The molecule has 7 heteroatoms. The lowest BCUT2D eigenvalue weighted by molar-refractivity contribution is -0.143. The second-order valence-corrected chi connectivity index (χ2v) is 4.66. The molecule has 0 aliphatic carbocycles. The minimum absolute atomic E-state index is 0.0926. The average molecular weight is 298 g/mol. The summed E-state index contributed by atoms with van der Waals surface area (Å²) < 4.78 is 16.6. The molecule has 0 saturated carbocycles. The minimum Gasteiger partial charge on any atom is -0.481 e. The van der Waals surface area contributed by atoms with Gasteiger partial charge >= 0.3 is 11.9 Å². The molecule has 1 rings (SSSR count). The first kappa shape index (κ1) is 16.9. The highest BCUT2D eigenvalue weighted by molar-refractivity contribution is 5.73. The van der Waals surface area contributed by atoms with Crippen LogP contribution < -0.4 is 10.5 Å². The number of aliphatic carboxylic acids is 2. The van der Waals surface area contributed by atoms with Crippen molar-refractivity contribution in [3.63, 3.8) is 0 Å². The molecule has 0 aliphatic heterocycles. The van der Waals surface area contributed by atoms with Crippen molar-refractivity contribution in [2.75, 3.05) is 6.86 Å². The van der Waals surface area contributed by atoms with Gasteiger partial charge in [0, 0.05) is 0 Å². The third-order valence-electron chi connectivity index (χ3n) is 3.12. The van der Waals surface area contributed by atoms with Gasteiger partial charge in [-0.25, -0.2) is 4.39 Å². The van der Waals surface area contributed by atoms with Crippen molar-refractivity contribution in [1.29, 1.82) is 0 Å². The fourth-order valence-corrected chi connectivity index (χ4v) is 1.89. The molecule has 6 nitrogen and oxygen atoms in total. The average Bonchev–Trinajstić information content (AvgIpc) is 2.44. The first-order valence-electron chi connectivity index (χ1n) is 6.43. The normalized spacial score (nSPS) is 13.4. The zero-order valence-electron chi connectivity index (χ0n) is 11.4. The summed E-state index contributed by atoms with van der Waals surface area (Å²) in [6.45, 7) is -0.926. The molecular formula is C14H18FNO5. The maximum absolute atomic E-state index is 12.0.